The first-order chi connectivity index (χ1) is 8.20. The Morgan fingerprint density at radius 3 is 1.59 bits per heavy atom. The van der Waals surface area contributed by atoms with E-state index in [4.69, 9.17) is 4.74 Å². The van der Waals surface area contributed by atoms with E-state index in [2.05, 4.69) is 0 Å². The maximum atomic E-state index is 9.28. The van der Waals surface area contributed by atoms with Crippen molar-refractivity contribution in [3.8, 4) is 0 Å². The Hall–Kier alpha value is -0.640. The van der Waals surface area contributed by atoms with Gasteiger partial charge in [0.15, 0.2) is 0 Å². The van der Waals surface area contributed by atoms with E-state index in [0.717, 1.165) is 12.8 Å². The third-order valence-electron chi connectivity index (χ3n) is 2.52. The van der Waals surface area contributed by atoms with E-state index in [1.807, 2.05) is 38.2 Å². The third kappa shape index (κ3) is 11.6. The first kappa shape index (κ1) is 16.4. The van der Waals surface area contributed by atoms with Gasteiger partial charge in [-0.3, -0.25) is 0 Å². The Morgan fingerprint density at radius 2 is 1.24 bits per heavy atom. The summed E-state index contributed by atoms with van der Waals surface area (Å²) >= 11 is 0. The van der Waals surface area contributed by atoms with E-state index in [0.29, 0.717) is 26.1 Å². The SMILES string of the molecule is CCC(O)CC=CCOCC=CCC(O)CC. The van der Waals surface area contributed by atoms with Gasteiger partial charge in [-0.05, 0) is 25.7 Å². The van der Waals surface area contributed by atoms with Gasteiger partial charge < -0.3 is 14.9 Å². The first-order valence-electron chi connectivity index (χ1n) is 6.44. The second kappa shape index (κ2) is 11.8. The normalized spacial score (nSPS) is 15.8. The maximum Gasteiger partial charge on any atom is 0.0651 e. The quantitative estimate of drug-likeness (QED) is 0.457. The molecule has 2 unspecified atom stereocenters. The summed E-state index contributed by atoms with van der Waals surface area (Å²) in [5.74, 6) is 0. The molecule has 0 aliphatic carbocycles. The molecule has 0 fully saturated rings. The van der Waals surface area contributed by atoms with Gasteiger partial charge in [-0.25, -0.2) is 0 Å². The molecule has 0 spiro atoms. The van der Waals surface area contributed by atoms with E-state index in [9.17, 15) is 10.2 Å². The Labute approximate surface area is 105 Å². The van der Waals surface area contributed by atoms with Crippen molar-refractivity contribution >= 4 is 0 Å². The van der Waals surface area contributed by atoms with Crippen LogP contribution in [-0.2, 0) is 4.74 Å². The van der Waals surface area contributed by atoms with Crippen molar-refractivity contribution in [2.24, 2.45) is 0 Å². The highest BCUT2D eigenvalue weighted by molar-refractivity contribution is 4.86. The third-order valence-corrected chi connectivity index (χ3v) is 2.52. The van der Waals surface area contributed by atoms with Crippen LogP contribution in [0.3, 0.4) is 0 Å². The second-order valence-electron chi connectivity index (χ2n) is 4.08. The molecule has 0 aromatic rings. The molecule has 2 atom stereocenters. The lowest BCUT2D eigenvalue weighted by molar-refractivity contribution is 0.171. The molecule has 0 aliphatic heterocycles. The number of hydrogen-bond donors (Lipinski definition) is 2. The van der Waals surface area contributed by atoms with Gasteiger partial charge in [0.1, 0.15) is 0 Å². The largest absolute Gasteiger partial charge is 0.393 e. The van der Waals surface area contributed by atoms with Crippen molar-refractivity contribution in [2.75, 3.05) is 13.2 Å². The predicted molar refractivity (Wildman–Crippen MR) is 70.9 cm³/mol. The number of aliphatic hydroxyl groups excluding tert-OH is 2. The molecular weight excluding hydrogens is 216 g/mol. The summed E-state index contributed by atoms with van der Waals surface area (Å²) in [6, 6.07) is 0. The molecule has 0 aromatic heterocycles. The van der Waals surface area contributed by atoms with Crippen molar-refractivity contribution in [3.05, 3.63) is 24.3 Å². The minimum Gasteiger partial charge on any atom is -0.393 e. The van der Waals surface area contributed by atoms with Crippen LogP contribution < -0.4 is 0 Å². The van der Waals surface area contributed by atoms with Crippen molar-refractivity contribution in [1.29, 1.82) is 0 Å². The number of ether oxygens (including phenoxy) is 1. The molecule has 3 nitrogen and oxygen atoms in total. The molecule has 0 heterocycles. The Morgan fingerprint density at radius 1 is 0.824 bits per heavy atom. The van der Waals surface area contributed by atoms with Crippen LogP contribution in [0.2, 0.25) is 0 Å². The lowest BCUT2D eigenvalue weighted by Crippen LogP contribution is -2.02. The minimum atomic E-state index is -0.235. The van der Waals surface area contributed by atoms with E-state index in [-0.39, 0.29) is 12.2 Å². The maximum absolute atomic E-state index is 9.28. The highest BCUT2D eigenvalue weighted by atomic mass is 16.5. The molecule has 0 aromatic carbocycles. The van der Waals surface area contributed by atoms with E-state index < -0.39 is 0 Å². The van der Waals surface area contributed by atoms with Crippen LogP contribution in [0.15, 0.2) is 24.3 Å². The van der Waals surface area contributed by atoms with Crippen LogP contribution >= 0.6 is 0 Å². The van der Waals surface area contributed by atoms with Gasteiger partial charge in [0.25, 0.3) is 0 Å². The van der Waals surface area contributed by atoms with Crippen LogP contribution in [0.1, 0.15) is 39.5 Å². The van der Waals surface area contributed by atoms with Gasteiger partial charge in [0, 0.05) is 0 Å². The van der Waals surface area contributed by atoms with Crippen LogP contribution in [-0.4, -0.2) is 35.6 Å². The van der Waals surface area contributed by atoms with Gasteiger partial charge >= 0.3 is 0 Å². The van der Waals surface area contributed by atoms with Crippen molar-refractivity contribution in [1.82, 2.24) is 0 Å². The van der Waals surface area contributed by atoms with Gasteiger partial charge in [-0.15, -0.1) is 0 Å². The van der Waals surface area contributed by atoms with Gasteiger partial charge in [-0.1, -0.05) is 38.2 Å². The van der Waals surface area contributed by atoms with Gasteiger partial charge in [-0.2, -0.15) is 0 Å². The summed E-state index contributed by atoms with van der Waals surface area (Å²) < 4.78 is 5.33. The Balaban J connectivity index is 3.34. The predicted octanol–water partition coefficient (Wildman–Crippen LogP) is 2.44. The summed E-state index contributed by atoms with van der Waals surface area (Å²) in [7, 11) is 0. The highest BCUT2D eigenvalue weighted by Crippen LogP contribution is 1.98. The van der Waals surface area contributed by atoms with Gasteiger partial charge in [0.05, 0.1) is 25.4 Å². The molecule has 0 saturated heterocycles. The molecule has 0 amide bonds. The number of rotatable bonds is 10. The minimum absolute atomic E-state index is 0.235. The summed E-state index contributed by atoms with van der Waals surface area (Å²) in [4.78, 5) is 0. The second-order valence-corrected chi connectivity index (χ2v) is 4.08. The number of hydrogen-bond acceptors (Lipinski definition) is 3. The Bertz CT molecular complexity index is 190. The zero-order valence-electron chi connectivity index (χ0n) is 11.0. The Kier molecular flexibility index (Phi) is 11.4. The lowest BCUT2D eigenvalue weighted by atomic mass is 10.2. The molecule has 3 heteroatoms. The zero-order chi connectivity index (χ0) is 12.9. The number of aliphatic hydroxyl groups is 2. The molecule has 100 valence electrons. The van der Waals surface area contributed by atoms with Crippen LogP contribution in [0.4, 0.5) is 0 Å². The average molecular weight is 242 g/mol. The first-order valence-corrected chi connectivity index (χ1v) is 6.44. The van der Waals surface area contributed by atoms with E-state index >= 15 is 0 Å². The molecule has 2 N–H and O–H groups in total. The fourth-order valence-electron chi connectivity index (χ4n) is 1.18. The van der Waals surface area contributed by atoms with Crippen LogP contribution in [0.5, 0.6) is 0 Å². The molecule has 0 aliphatic rings. The van der Waals surface area contributed by atoms with E-state index in [1.54, 1.807) is 0 Å². The smallest absolute Gasteiger partial charge is 0.0651 e. The fourth-order valence-corrected chi connectivity index (χ4v) is 1.18. The molecule has 17 heavy (non-hydrogen) atoms. The average Bonchev–Trinajstić information content (AvgIpc) is 2.35. The van der Waals surface area contributed by atoms with Crippen LogP contribution in [0.25, 0.3) is 0 Å². The summed E-state index contributed by atoms with van der Waals surface area (Å²) in [6.45, 7) is 5.06. The molecule has 0 saturated carbocycles. The molecule has 0 bridgehead atoms. The molecule has 0 rings (SSSR count). The van der Waals surface area contributed by atoms with Crippen molar-refractivity contribution in [3.63, 3.8) is 0 Å². The highest BCUT2D eigenvalue weighted by Gasteiger charge is 1.95. The summed E-state index contributed by atoms with van der Waals surface area (Å²) in [6.07, 6.45) is 10.2. The topological polar surface area (TPSA) is 49.7 Å². The standard InChI is InChI=1S/C14H26O3/c1-3-13(15)9-5-7-11-17-12-8-6-10-14(16)4-2/h5-8,13-16H,3-4,9-12H2,1-2H3. The monoisotopic (exact) mass is 242 g/mol. The van der Waals surface area contributed by atoms with Crippen molar-refractivity contribution in [2.45, 2.75) is 51.7 Å². The van der Waals surface area contributed by atoms with Crippen molar-refractivity contribution < 1.29 is 14.9 Å². The molecular formula is C14H26O3. The summed E-state index contributed by atoms with van der Waals surface area (Å²) in [5, 5.41) is 18.6. The van der Waals surface area contributed by atoms with Gasteiger partial charge in [0.2, 0.25) is 0 Å². The lowest BCUT2D eigenvalue weighted by Gasteiger charge is -2.02. The zero-order valence-corrected chi connectivity index (χ0v) is 11.0. The fraction of sp³-hybridized carbons (Fsp3) is 0.714. The van der Waals surface area contributed by atoms with Crippen LogP contribution in [0, 0.1) is 0 Å². The summed E-state index contributed by atoms with van der Waals surface area (Å²) in [5.41, 5.74) is 0. The molecule has 0 radical (unpaired) electrons. The van der Waals surface area contributed by atoms with E-state index in [1.165, 1.54) is 0 Å².